The van der Waals surface area contributed by atoms with Gasteiger partial charge in [0.15, 0.2) is 9.84 Å². The van der Waals surface area contributed by atoms with Gasteiger partial charge in [-0.2, -0.15) is 0 Å². The second-order valence-corrected chi connectivity index (χ2v) is 7.41. The predicted molar refractivity (Wildman–Crippen MR) is 82.4 cm³/mol. The van der Waals surface area contributed by atoms with Gasteiger partial charge in [0, 0.05) is 19.3 Å². The van der Waals surface area contributed by atoms with E-state index in [1.807, 2.05) is 6.92 Å². The summed E-state index contributed by atoms with van der Waals surface area (Å²) in [6.07, 6.45) is 1.64. The van der Waals surface area contributed by atoms with E-state index in [-0.39, 0.29) is 11.3 Å². The number of hydrogen-bond donors (Lipinski definition) is 1. The van der Waals surface area contributed by atoms with E-state index < -0.39 is 26.7 Å². The summed E-state index contributed by atoms with van der Waals surface area (Å²) >= 11 is 0. The zero-order chi connectivity index (χ0) is 16.5. The summed E-state index contributed by atoms with van der Waals surface area (Å²) in [4.78, 5) is 27.7. The molecule has 1 unspecified atom stereocenters. The zero-order valence-electron chi connectivity index (χ0n) is 12.5. The first-order valence-electron chi connectivity index (χ1n) is 6.66. The number of nitrogens with one attached hydrogen (secondary N) is 1. The molecule has 0 saturated heterocycles. The average Bonchev–Trinajstić information content (AvgIpc) is 2.46. The van der Waals surface area contributed by atoms with Crippen LogP contribution in [0.4, 0.5) is 0 Å². The Kier molecular flexibility index (Phi) is 4.32. The summed E-state index contributed by atoms with van der Waals surface area (Å²) in [5.41, 5.74) is 1.04. The Morgan fingerprint density at radius 2 is 2.09 bits per heavy atom. The molecular weight excluding hydrogens is 306 g/mol. The van der Waals surface area contributed by atoms with Gasteiger partial charge in [0.1, 0.15) is 10.9 Å². The minimum Gasteiger partial charge on any atom is -0.358 e. The van der Waals surface area contributed by atoms with Crippen LogP contribution >= 0.6 is 0 Å². The lowest BCUT2D eigenvalue weighted by Crippen LogP contribution is -2.36. The minimum atomic E-state index is -3.74. The third kappa shape index (κ3) is 3.16. The number of pyridine rings is 1. The Balaban J connectivity index is 2.42. The topological polar surface area (TPSA) is 97.6 Å². The first kappa shape index (κ1) is 16.2. The molecule has 1 N–H and O–H groups in total. The number of aromatic nitrogens is 2. The van der Waals surface area contributed by atoms with Crippen molar-refractivity contribution in [1.29, 1.82) is 0 Å². The van der Waals surface area contributed by atoms with Crippen molar-refractivity contribution in [3.63, 3.8) is 0 Å². The molecule has 2 aromatic heterocycles. The van der Waals surface area contributed by atoms with Crippen LogP contribution in [-0.2, 0) is 20.4 Å². The molecule has 0 fully saturated rings. The van der Waals surface area contributed by atoms with Gasteiger partial charge in [0.2, 0.25) is 5.91 Å². The number of aryl methyl sites for hydroxylation is 1. The molecule has 2 rings (SSSR count). The van der Waals surface area contributed by atoms with Crippen molar-refractivity contribution in [3.05, 3.63) is 46.0 Å². The van der Waals surface area contributed by atoms with Gasteiger partial charge in [-0.15, -0.1) is 0 Å². The fourth-order valence-corrected chi connectivity index (χ4v) is 3.28. The number of sulfone groups is 1. The molecule has 0 saturated carbocycles. The van der Waals surface area contributed by atoms with Gasteiger partial charge in [0.05, 0.1) is 11.4 Å². The Morgan fingerprint density at radius 3 is 2.73 bits per heavy atom. The molecule has 0 bridgehead atoms. The Hall–Kier alpha value is -2.22. The molecule has 0 aromatic carbocycles. The molecule has 0 spiro atoms. The first-order chi connectivity index (χ1) is 10.2. The first-order valence-corrected chi connectivity index (χ1v) is 8.38. The number of carbonyl (C=O) groups is 1. The minimum absolute atomic E-state index is 0.129. The maximum Gasteiger partial charge on any atom is 0.258 e. The molecule has 7 nitrogen and oxygen atoms in total. The third-order valence-electron chi connectivity index (χ3n) is 3.36. The molecule has 22 heavy (non-hydrogen) atoms. The van der Waals surface area contributed by atoms with Crippen molar-refractivity contribution in [2.24, 2.45) is 0 Å². The summed E-state index contributed by atoms with van der Waals surface area (Å²) in [7, 11) is -2.37. The maximum atomic E-state index is 12.2. The van der Waals surface area contributed by atoms with Crippen molar-refractivity contribution in [2.45, 2.75) is 24.9 Å². The lowest BCUT2D eigenvalue weighted by molar-refractivity contribution is -0.119. The monoisotopic (exact) mass is 323 g/mol. The second kappa shape index (κ2) is 5.88. The van der Waals surface area contributed by atoms with E-state index in [9.17, 15) is 18.0 Å². The second-order valence-electron chi connectivity index (χ2n) is 5.08. The van der Waals surface area contributed by atoms with Gasteiger partial charge in [0.25, 0.3) is 5.56 Å². The van der Waals surface area contributed by atoms with E-state index in [4.69, 9.17) is 0 Å². The van der Waals surface area contributed by atoms with Crippen LogP contribution in [0.2, 0.25) is 0 Å². The maximum absolute atomic E-state index is 12.2. The highest BCUT2D eigenvalue weighted by Gasteiger charge is 2.28. The standard InChI is InChI=1S/C14H17N3O4S/c1-9-4-5-12-16-11(6-13(18)17(12)7-9)8-22(20,21)10(2)14(19)15-3/h4-7,10H,8H2,1-3H3,(H,15,19). The fourth-order valence-electron chi connectivity index (χ4n) is 2.03. The number of fused-ring (bicyclic) bond motifs is 1. The van der Waals surface area contributed by atoms with Gasteiger partial charge >= 0.3 is 0 Å². The molecular formula is C14H17N3O4S. The lowest BCUT2D eigenvalue weighted by Gasteiger charge is -2.11. The fraction of sp³-hybridized carbons (Fsp3) is 0.357. The van der Waals surface area contributed by atoms with Crippen molar-refractivity contribution >= 4 is 21.4 Å². The number of hydrogen-bond acceptors (Lipinski definition) is 5. The third-order valence-corrected chi connectivity index (χ3v) is 5.35. The summed E-state index contributed by atoms with van der Waals surface area (Å²) in [5.74, 6) is -1.05. The van der Waals surface area contributed by atoms with Crippen LogP contribution in [-0.4, -0.2) is 36.0 Å². The Bertz CT molecular complexity index is 887. The van der Waals surface area contributed by atoms with E-state index in [0.29, 0.717) is 5.65 Å². The summed E-state index contributed by atoms with van der Waals surface area (Å²) in [5, 5.41) is 1.10. The predicted octanol–water partition coefficient (Wildman–Crippen LogP) is 0.0522. The molecule has 2 aromatic rings. The van der Waals surface area contributed by atoms with Gasteiger partial charge in [-0.3, -0.25) is 14.0 Å². The van der Waals surface area contributed by atoms with Gasteiger partial charge in [-0.25, -0.2) is 13.4 Å². The summed E-state index contributed by atoms with van der Waals surface area (Å²) in [6, 6.07) is 4.61. The van der Waals surface area contributed by atoms with Crippen molar-refractivity contribution in [1.82, 2.24) is 14.7 Å². The normalized spacial score (nSPS) is 13.0. The molecule has 118 valence electrons. The van der Waals surface area contributed by atoms with Crippen molar-refractivity contribution in [3.8, 4) is 0 Å². The summed E-state index contributed by atoms with van der Waals surface area (Å²) in [6.45, 7) is 3.15. The molecule has 1 atom stereocenters. The molecule has 0 radical (unpaired) electrons. The SMILES string of the molecule is CNC(=O)C(C)S(=O)(=O)Cc1cc(=O)n2cc(C)ccc2n1. The molecule has 1 amide bonds. The van der Waals surface area contributed by atoms with E-state index in [2.05, 4.69) is 10.3 Å². The van der Waals surface area contributed by atoms with Crippen LogP contribution in [0, 0.1) is 6.92 Å². The highest BCUT2D eigenvalue weighted by atomic mass is 32.2. The van der Waals surface area contributed by atoms with Crippen LogP contribution < -0.4 is 10.9 Å². The Labute approximate surface area is 127 Å². The molecule has 8 heteroatoms. The molecule has 0 aliphatic rings. The average molecular weight is 323 g/mol. The van der Waals surface area contributed by atoms with Crippen LogP contribution in [0.25, 0.3) is 5.65 Å². The number of carbonyl (C=O) groups excluding carboxylic acids is 1. The van der Waals surface area contributed by atoms with E-state index in [1.54, 1.807) is 18.3 Å². The largest absolute Gasteiger partial charge is 0.358 e. The van der Waals surface area contributed by atoms with Crippen molar-refractivity contribution < 1.29 is 13.2 Å². The van der Waals surface area contributed by atoms with Crippen LogP contribution in [0.15, 0.2) is 29.2 Å². The Morgan fingerprint density at radius 1 is 1.41 bits per heavy atom. The van der Waals surface area contributed by atoms with Gasteiger partial charge < -0.3 is 5.32 Å². The van der Waals surface area contributed by atoms with Gasteiger partial charge in [-0.05, 0) is 25.5 Å². The van der Waals surface area contributed by atoms with E-state index in [0.717, 1.165) is 5.56 Å². The van der Waals surface area contributed by atoms with Crippen molar-refractivity contribution in [2.75, 3.05) is 7.05 Å². The molecule has 0 aliphatic heterocycles. The number of rotatable bonds is 4. The smallest absolute Gasteiger partial charge is 0.258 e. The van der Waals surface area contributed by atoms with Crippen LogP contribution in [0.3, 0.4) is 0 Å². The quantitative estimate of drug-likeness (QED) is 0.857. The van der Waals surface area contributed by atoms with Crippen LogP contribution in [0.5, 0.6) is 0 Å². The van der Waals surface area contributed by atoms with E-state index >= 15 is 0 Å². The van der Waals surface area contributed by atoms with Crippen LogP contribution in [0.1, 0.15) is 18.2 Å². The highest BCUT2D eigenvalue weighted by Crippen LogP contribution is 2.10. The molecule has 2 heterocycles. The summed E-state index contributed by atoms with van der Waals surface area (Å²) < 4.78 is 25.7. The van der Waals surface area contributed by atoms with Gasteiger partial charge in [-0.1, -0.05) is 6.07 Å². The molecule has 0 aliphatic carbocycles. The number of amides is 1. The number of nitrogens with zero attached hydrogens (tertiary/aromatic N) is 2. The zero-order valence-corrected chi connectivity index (χ0v) is 13.3. The lowest BCUT2D eigenvalue weighted by atomic mass is 10.3. The van der Waals surface area contributed by atoms with E-state index in [1.165, 1.54) is 24.4 Å². The highest BCUT2D eigenvalue weighted by molar-refractivity contribution is 7.92.